The molecule has 7 rings (SSSR count). The highest BCUT2D eigenvalue weighted by molar-refractivity contribution is 7.22. The van der Waals surface area contributed by atoms with Gasteiger partial charge in [0.25, 0.3) is 0 Å². The first-order chi connectivity index (χ1) is 21.5. The number of halogens is 1. The van der Waals surface area contributed by atoms with Crippen LogP contribution in [0.25, 0.3) is 32.6 Å². The number of hydrogen-bond donors (Lipinski definition) is 1. The summed E-state index contributed by atoms with van der Waals surface area (Å²) < 4.78 is 35.3. The number of thiazole rings is 1. The number of aromatic hydroxyl groups is 1. The van der Waals surface area contributed by atoms with E-state index in [9.17, 15) is 5.11 Å². The Balaban J connectivity index is 1.29. The first-order valence-corrected chi connectivity index (χ1v) is 15.3. The van der Waals surface area contributed by atoms with Crippen LogP contribution in [0.2, 0.25) is 0 Å². The van der Waals surface area contributed by atoms with Gasteiger partial charge in [-0.05, 0) is 60.4 Å². The highest BCUT2D eigenvalue weighted by atomic mass is 32.1. The summed E-state index contributed by atoms with van der Waals surface area (Å²) in [5.41, 5.74) is 4.57. The molecule has 1 aliphatic rings. The quantitative estimate of drug-likeness (QED) is 0.191. The second-order valence-corrected chi connectivity index (χ2v) is 11.8. The molecule has 0 radical (unpaired) electrons. The fourth-order valence-corrected chi connectivity index (χ4v) is 6.67. The number of hydrogen-bond acceptors (Lipinski definition) is 8. The lowest BCUT2D eigenvalue weighted by Crippen LogP contribution is -2.22. The summed E-state index contributed by atoms with van der Waals surface area (Å²) in [6.07, 6.45) is 1.78. The Morgan fingerprint density at radius 1 is 0.909 bits per heavy atom. The zero-order chi connectivity index (χ0) is 30.2. The van der Waals surface area contributed by atoms with Gasteiger partial charge in [-0.1, -0.05) is 35.6 Å². The molecule has 44 heavy (non-hydrogen) atoms. The first-order valence-electron chi connectivity index (χ1n) is 14.5. The maximum Gasteiger partial charge on any atom is 0.187 e. The summed E-state index contributed by atoms with van der Waals surface area (Å²) in [4.78, 5) is 11.8. The van der Waals surface area contributed by atoms with E-state index in [2.05, 4.69) is 9.47 Å². The Hall–Kier alpha value is -4.83. The molecule has 0 bridgehead atoms. The maximum absolute atomic E-state index is 15.8. The minimum atomic E-state index is -0.404. The lowest BCUT2D eigenvalue weighted by atomic mass is 10.1. The molecule has 0 fully saturated rings. The molecule has 3 heterocycles. The molecule has 0 saturated carbocycles. The normalized spacial score (nSPS) is 13.0. The molecule has 8 nitrogen and oxygen atoms in total. The fourth-order valence-electron chi connectivity index (χ4n) is 5.65. The molecule has 0 unspecified atom stereocenters. The standard InChI is InChI=1S/C34H31FN4O4S/c1-41-25-9-5-21(6-10-25)19-38(20-22-7-11-26(42-2)12-8-22)34-37-31-27(35)15-23(16-30(31)44-34)33-36-28-17-24(40)18-29-32(28)39(33)13-3-4-14-43-29/h5-12,15-18,40H,3-4,13-14,19-20H2,1-2H3. The van der Waals surface area contributed by atoms with E-state index in [1.54, 1.807) is 26.4 Å². The molecule has 1 N–H and O–H groups in total. The van der Waals surface area contributed by atoms with E-state index in [1.165, 1.54) is 17.4 Å². The van der Waals surface area contributed by atoms with Gasteiger partial charge in [-0.2, -0.15) is 0 Å². The van der Waals surface area contributed by atoms with Gasteiger partial charge in [0.15, 0.2) is 10.9 Å². The molecular formula is C34H31FN4O4S. The van der Waals surface area contributed by atoms with Crippen LogP contribution < -0.4 is 19.1 Å². The van der Waals surface area contributed by atoms with Crippen LogP contribution in [0, 0.1) is 5.82 Å². The molecule has 0 aliphatic carbocycles. The van der Waals surface area contributed by atoms with Crippen LogP contribution in [0.15, 0.2) is 72.8 Å². The number of phenolic OH excluding ortho intramolecular Hbond substituents is 1. The Morgan fingerprint density at radius 3 is 2.25 bits per heavy atom. The minimum Gasteiger partial charge on any atom is -0.508 e. The molecular weight excluding hydrogens is 579 g/mol. The number of nitrogens with zero attached hydrogens (tertiary/aromatic N) is 4. The molecule has 0 atom stereocenters. The number of ether oxygens (including phenoxy) is 3. The van der Waals surface area contributed by atoms with Crippen molar-refractivity contribution in [1.29, 1.82) is 0 Å². The molecule has 6 aromatic rings. The predicted octanol–water partition coefficient (Wildman–Crippen LogP) is 7.55. The fraction of sp³-hybridized carbons (Fsp3) is 0.235. The lowest BCUT2D eigenvalue weighted by Gasteiger charge is -2.22. The summed E-state index contributed by atoms with van der Waals surface area (Å²) in [6, 6.07) is 22.6. The summed E-state index contributed by atoms with van der Waals surface area (Å²) >= 11 is 1.45. The molecule has 10 heteroatoms. The number of aromatic nitrogens is 3. The zero-order valence-corrected chi connectivity index (χ0v) is 25.2. The van der Waals surface area contributed by atoms with E-state index in [0.29, 0.717) is 53.0 Å². The maximum atomic E-state index is 15.8. The average molecular weight is 611 g/mol. The number of imidazole rings is 1. The van der Waals surface area contributed by atoms with Gasteiger partial charge < -0.3 is 28.8 Å². The van der Waals surface area contributed by atoms with Crippen molar-refractivity contribution in [3.63, 3.8) is 0 Å². The van der Waals surface area contributed by atoms with E-state index >= 15 is 4.39 Å². The van der Waals surface area contributed by atoms with E-state index in [1.807, 2.05) is 54.6 Å². The number of aryl methyl sites for hydroxylation is 1. The Morgan fingerprint density at radius 2 is 1.59 bits per heavy atom. The van der Waals surface area contributed by atoms with E-state index < -0.39 is 5.82 Å². The van der Waals surface area contributed by atoms with Crippen LogP contribution >= 0.6 is 11.3 Å². The smallest absolute Gasteiger partial charge is 0.187 e. The monoisotopic (exact) mass is 610 g/mol. The summed E-state index contributed by atoms with van der Waals surface area (Å²) in [5.74, 6) is 2.49. The van der Waals surface area contributed by atoms with Crippen molar-refractivity contribution < 1.29 is 23.7 Å². The van der Waals surface area contributed by atoms with Crippen LogP contribution in [0.3, 0.4) is 0 Å². The summed E-state index contributed by atoms with van der Waals surface area (Å²) in [5, 5.41) is 11.0. The van der Waals surface area contributed by atoms with E-state index in [0.717, 1.165) is 52.2 Å². The predicted molar refractivity (Wildman–Crippen MR) is 171 cm³/mol. The van der Waals surface area contributed by atoms with Crippen molar-refractivity contribution in [2.45, 2.75) is 32.5 Å². The Bertz CT molecular complexity index is 1900. The Labute approximate surface area is 257 Å². The minimum absolute atomic E-state index is 0.0896. The van der Waals surface area contributed by atoms with Gasteiger partial charge in [0, 0.05) is 37.3 Å². The van der Waals surface area contributed by atoms with E-state index in [-0.39, 0.29) is 5.75 Å². The number of rotatable bonds is 8. The third-order valence-corrected chi connectivity index (χ3v) is 8.92. The largest absolute Gasteiger partial charge is 0.508 e. The van der Waals surface area contributed by atoms with Gasteiger partial charge in [-0.3, -0.25) is 0 Å². The van der Waals surface area contributed by atoms with Crippen LogP contribution in [0.4, 0.5) is 9.52 Å². The summed E-state index contributed by atoms with van der Waals surface area (Å²) in [7, 11) is 3.30. The average Bonchev–Trinajstić information content (AvgIpc) is 3.62. The van der Waals surface area contributed by atoms with Gasteiger partial charge in [0.05, 0.1) is 31.0 Å². The molecule has 4 aromatic carbocycles. The second kappa shape index (κ2) is 11.7. The lowest BCUT2D eigenvalue weighted by molar-refractivity contribution is 0.298. The number of fused-ring (bicyclic) bond motifs is 1. The number of phenols is 1. The van der Waals surface area contributed by atoms with Crippen LogP contribution in [-0.2, 0) is 19.6 Å². The van der Waals surface area contributed by atoms with Crippen molar-refractivity contribution in [2.24, 2.45) is 0 Å². The topological polar surface area (TPSA) is 81.9 Å². The molecule has 2 aromatic heterocycles. The van der Waals surface area contributed by atoms with Crippen LogP contribution in [0.1, 0.15) is 24.0 Å². The highest BCUT2D eigenvalue weighted by Crippen LogP contribution is 2.39. The number of methoxy groups -OCH3 is 2. The number of benzene rings is 4. The van der Waals surface area contributed by atoms with Crippen LogP contribution in [-0.4, -0.2) is 40.5 Å². The molecule has 1 aliphatic heterocycles. The SMILES string of the molecule is COc1ccc(CN(Cc2ccc(OC)cc2)c2nc3c(F)cc(-c4nc5cc(O)cc6c5n4CCCCO6)cc3s2)cc1. The zero-order valence-electron chi connectivity index (χ0n) is 24.4. The van der Waals surface area contributed by atoms with Gasteiger partial charge >= 0.3 is 0 Å². The molecule has 0 spiro atoms. The third-order valence-electron chi connectivity index (χ3n) is 7.86. The van der Waals surface area contributed by atoms with Gasteiger partial charge in [0.1, 0.15) is 39.9 Å². The van der Waals surface area contributed by atoms with Crippen molar-refractivity contribution in [2.75, 3.05) is 25.7 Å². The van der Waals surface area contributed by atoms with Crippen LogP contribution in [0.5, 0.6) is 23.0 Å². The van der Waals surface area contributed by atoms with Gasteiger partial charge in [-0.25, -0.2) is 14.4 Å². The molecule has 224 valence electrons. The van der Waals surface area contributed by atoms with Crippen molar-refractivity contribution in [3.05, 3.63) is 89.7 Å². The third kappa shape index (κ3) is 5.37. The highest BCUT2D eigenvalue weighted by Gasteiger charge is 2.22. The second-order valence-electron chi connectivity index (χ2n) is 10.8. The first kappa shape index (κ1) is 28.0. The molecule has 0 amide bonds. The van der Waals surface area contributed by atoms with Crippen molar-refractivity contribution >= 4 is 37.7 Å². The molecule has 0 saturated heterocycles. The van der Waals surface area contributed by atoms with Gasteiger partial charge in [0.2, 0.25) is 0 Å². The van der Waals surface area contributed by atoms with Crippen molar-refractivity contribution in [1.82, 2.24) is 14.5 Å². The number of anilines is 1. The van der Waals surface area contributed by atoms with Crippen molar-refractivity contribution in [3.8, 4) is 34.4 Å². The summed E-state index contributed by atoms with van der Waals surface area (Å²) in [6.45, 7) is 2.45. The Kier molecular flexibility index (Phi) is 7.43. The van der Waals surface area contributed by atoms with E-state index in [4.69, 9.17) is 24.2 Å². The van der Waals surface area contributed by atoms with Gasteiger partial charge in [-0.15, -0.1) is 0 Å².